The van der Waals surface area contributed by atoms with E-state index in [4.69, 9.17) is 4.74 Å². The van der Waals surface area contributed by atoms with Gasteiger partial charge in [-0.2, -0.15) is 0 Å². The lowest BCUT2D eigenvalue weighted by atomic mass is 10.0. The van der Waals surface area contributed by atoms with E-state index < -0.39 is 6.04 Å². The summed E-state index contributed by atoms with van der Waals surface area (Å²) in [6.45, 7) is 6.52. The number of carbonyl (C=O) groups is 2. The van der Waals surface area contributed by atoms with Crippen LogP contribution in [0.5, 0.6) is 5.75 Å². The van der Waals surface area contributed by atoms with Crippen LogP contribution in [0.2, 0.25) is 0 Å². The van der Waals surface area contributed by atoms with Crippen molar-refractivity contribution in [3.63, 3.8) is 0 Å². The molecule has 0 saturated carbocycles. The van der Waals surface area contributed by atoms with Crippen molar-refractivity contribution in [1.82, 2.24) is 10.6 Å². The third kappa shape index (κ3) is 6.44. The van der Waals surface area contributed by atoms with Crippen LogP contribution < -0.4 is 15.4 Å². The standard InChI is InChI=1S/C22H28N2O3/c1-15(2)13-20(22(26)23-14-17-7-5-16(3)6-8-17)24-21(25)18-9-11-19(27-4)12-10-18/h5-12,15,20H,13-14H2,1-4H3,(H,23,26)(H,24,25)/t20-/m1/s1. The number of amides is 2. The van der Waals surface area contributed by atoms with Gasteiger partial charge in [-0.05, 0) is 49.1 Å². The van der Waals surface area contributed by atoms with Gasteiger partial charge < -0.3 is 15.4 Å². The maximum absolute atomic E-state index is 12.6. The molecular weight excluding hydrogens is 340 g/mol. The zero-order chi connectivity index (χ0) is 19.8. The topological polar surface area (TPSA) is 67.4 Å². The Bertz CT molecular complexity index is 752. The Hall–Kier alpha value is -2.82. The van der Waals surface area contributed by atoms with Gasteiger partial charge in [-0.1, -0.05) is 43.7 Å². The zero-order valence-electron chi connectivity index (χ0n) is 16.4. The number of nitrogens with one attached hydrogen (secondary N) is 2. The van der Waals surface area contributed by atoms with E-state index in [1.807, 2.05) is 45.0 Å². The quantitative estimate of drug-likeness (QED) is 0.750. The Morgan fingerprint density at radius 1 is 1.00 bits per heavy atom. The van der Waals surface area contributed by atoms with E-state index >= 15 is 0 Å². The Labute approximate surface area is 161 Å². The van der Waals surface area contributed by atoms with Crippen LogP contribution in [0.3, 0.4) is 0 Å². The van der Waals surface area contributed by atoms with Gasteiger partial charge in [0.1, 0.15) is 11.8 Å². The molecule has 0 heterocycles. The highest BCUT2D eigenvalue weighted by Gasteiger charge is 2.22. The molecule has 2 aromatic rings. The second-order valence-electron chi connectivity index (χ2n) is 7.09. The Balaban J connectivity index is 2.00. The fourth-order valence-corrected chi connectivity index (χ4v) is 2.71. The SMILES string of the molecule is COc1ccc(C(=O)N[C@H](CC(C)C)C(=O)NCc2ccc(C)cc2)cc1. The number of ether oxygens (including phenoxy) is 1. The van der Waals surface area contributed by atoms with Crippen LogP contribution in [0, 0.1) is 12.8 Å². The van der Waals surface area contributed by atoms with Crippen LogP contribution in [-0.2, 0) is 11.3 Å². The van der Waals surface area contributed by atoms with Gasteiger partial charge in [-0.15, -0.1) is 0 Å². The van der Waals surface area contributed by atoms with Gasteiger partial charge in [0.25, 0.3) is 5.91 Å². The van der Waals surface area contributed by atoms with Crippen molar-refractivity contribution in [3.8, 4) is 5.75 Å². The molecule has 5 heteroatoms. The van der Waals surface area contributed by atoms with Crippen molar-refractivity contribution in [2.75, 3.05) is 7.11 Å². The van der Waals surface area contributed by atoms with Gasteiger partial charge >= 0.3 is 0 Å². The van der Waals surface area contributed by atoms with Gasteiger partial charge in [0.15, 0.2) is 0 Å². The lowest BCUT2D eigenvalue weighted by Gasteiger charge is -2.20. The highest BCUT2D eigenvalue weighted by atomic mass is 16.5. The van der Waals surface area contributed by atoms with Crippen molar-refractivity contribution in [3.05, 3.63) is 65.2 Å². The number of methoxy groups -OCH3 is 1. The summed E-state index contributed by atoms with van der Waals surface area (Å²) in [5.74, 6) is 0.511. The molecule has 2 amide bonds. The fraction of sp³-hybridized carbons (Fsp3) is 0.364. The molecule has 2 rings (SSSR count). The van der Waals surface area contributed by atoms with E-state index in [2.05, 4.69) is 10.6 Å². The molecule has 0 aliphatic rings. The monoisotopic (exact) mass is 368 g/mol. The van der Waals surface area contributed by atoms with Gasteiger partial charge in [0.05, 0.1) is 7.11 Å². The summed E-state index contributed by atoms with van der Waals surface area (Å²) in [6.07, 6.45) is 0.571. The molecular formula is C22H28N2O3. The number of rotatable bonds is 8. The van der Waals surface area contributed by atoms with Crippen LogP contribution in [0.25, 0.3) is 0 Å². The molecule has 1 atom stereocenters. The van der Waals surface area contributed by atoms with Crippen molar-refractivity contribution in [2.45, 2.75) is 39.8 Å². The molecule has 2 aromatic carbocycles. The molecule has 0 bridgehead atoms. The minimum Gasteiger partial charge on any atom is -0.497 e. The summed E-state index contributed by atoms with van der Waals surface area (Å²) in [4.78, 5) is 25.2. The van der Waals surface area contributed by atoms with E-state index in [1.165, 1.54) is 5.56 Å². The molecule has 27 heavy (non-hydrogen) atoms. The minimum absolute atomic E-state index is 0.175. The molecule has 5 nitrogen and oxygen atoms in total. The van der Waals surface area contributed by atoms with Gasteiger partial charge in [0.2, 0.25) is 5.91 Å². The first-order chi connectivity index (χ1) is 12.9. The molecule has 0 aromatic heterocycles. The first-order valence-corrected chi connectivity index (χ1v) is 9.17. The average Bonchev–Trinajstić information content (AvgIpc) is 2.66. The average molecular weight is 368 g/mol. The largest absolute Gasteiger partial charge is 0.497 e. The first-order valence-electron chi connectivity index (χ1n) is 9.17. The van der Waals surface area contributed by atoms with E-state index in [9.17, 15) is 9.59 Å². The third-order valence-corrected chi connectivity index (χ3v) is 4.27. The maximum atomic E-state index is 12.6. The summed E-state index contributed by atoms with van der Waals surface area (Å²) in [5, 5.41) is 5.78. The van der Waals surface area contributed by atoms with Gasteiger partial charge in [-0.25, -0.2) is 0 Å². The van der Waals surface area contributed by atoms with Crippen molar-refractivity contribution >= 4 is 11.8 Å². The summed E-state index contributed by atoms with van der Waals surface area (Å²) >= 11 is 0. The minimum atomic E-state index is -0.579. The van der Waals surface area contributed by atoms with Crippen molar-refractivity contribution in [2.24, 2.45) is 5.92 Å². The number of benzene rings is 2. The lowest BCUT2D eigenvalue weighted by molar-refractivity contribution is -0.123. The van der Waals surface area contributed by atoms with E-state index in [-0.39, 0.29) is 17.7 Å². The van der Waals surface area contributed by atoms with Crippen LogP contribution in [0.4, 0.5) is 0 Å². The molecule has 0 fully saturated rings. The predicted molar refractivity (Wildman–Crippen MR) is 107 cm³/mol. The number of aryl methyl sites for hydroxylation is 1. The van der Waals surface area contributed by atoms with Crippen molar-refractivity contribution < 1.29 is 14.3 Å². The van der Waals surface area contributed by atoms with Gasteiger partial charge in [0, 0.05) is 12.1 Å². The van der Waals surface area contributed by atoms with Crippen LogP contribution in [0.15, 0.2) is 48.5 Å². The number of hydrogen-bond acceptors (Lipinski definition) is 3. The molecule has 0 spiro atoms. The third-order valence-electron chi connectivity index (χ3n) is 4.27. The lowest BCUT2D eigenvalue weighted by Crippen LogP contribution is -2.47. The van der Waals surface area contributed by atoms with E-state index in [0.717, 1.165) is 5.56 Å². The molecule has 2 N–H and O–H groups in total. The van der Waals surface area contributed by atoms with Gasteiger partial charge in [-0.3, -0.25) is 9.59 Å². The van der Waals surface area contributed by atoms with Crippen LogP contribution >= 0.6 is 0 Å². The predicted octanol–water partition coefficient (Wildman–Crippen LogP) is 3.46. The van der Waals surface area contributed by atoms with E-state index in [1.54, 1.807) is 31.4 Å². The Morgan fingerprint density at radius 2 is 1.63 bits per heavy atom. The van der Waals surface area contributed by atoms with Crippen LogP contribution in [0.1, 0.15) is 41.8 Å². The fourth-order valence-electron chi connectivity index (χ4n) is 2.71. The highest BCUT2D eigenvalue weighted by molar-refractivity contribution is 5.97. The smallest absolute Gasteiger partial charge is 0.251 e. The normalized spacial score (nSPS) is 11.7. The molecule has 0 radical (unpaired) electrons. The molecule has 0 aliphatic heterocycles. The molecule has 144 valence electrons. The Morgan fingerprint density at radius 3 is 2.19 bits per heavy atom. The Kier molecular flexibility index (Phi) is 7.41. The number of hydrogen-bond donors (Lipinski definition) is 2. The van der Waals surface area contributed by atoms with Crippen molar-refractivity contribution in [1.29, 1.82) is 0 Å². The molecule has 0 saturated heterocycles. The summed E-state index contributed by atoms with van der Waals surface area (Å²) in [6, 6.07) is 14.2. The zero-order valence-corrected chi connectivity index (χ0v) is 16.4. The second kappa shape index (κ2) is 9.76. The summed E-state index contributed by atoms with van der Waals surface area (Å²) < 4.78 is 5.11. The second-order valence-corrected chi connectivity index (χ2v) is 7.09. The number of carbonyl (C=O) groups excluding carboxylic acids is 2. The first kappa shape index (κ1) is 20.5. The van der Waals surface area contributed by atoms with Crippen LogP contribution in [-0.4, -0.2) is 25.0 Å². The highest BCUT2D eigenvalue weighted by Crippen LogP contribution is 2.12. The summed E-state index contributed by atoms with van der Waals surface area (Å²) in [7, 11) is 1.58. The summed E-state index contributed by atoms with van der Waals surface area (Å²) in [5.41, 5.74) is 2.70. The molecule has 0 unspecified atom stereocenters. The van der Waals surface area contributed by atoms with E-state index in [0.29, 0.717) is 24.3 Å². The maximum Gasteiger partial charge on any atom is 0.251 e. The molecule has 0 aliphatic carbocycles.